The minimum Gasteiger partial charge on any atom is -0.205 e. The van der Waals surface area contributed by atoms with E-state index < -0.39 is 17.2 Å². The number of benzene rings is 1. The van der Waals surface area contributed by atoms with Gasteiger partial charge in [0.2, 0.25) is 0 Å². The quantitative estimate of drug-likeness (QED) is 0.560. The van der Waals surface area contributed by atoms with E-state index in [2.05, 4.69) is 0 Å². The number of nitrogens with zero attached hydrogens (tertiary/aromatic N) is 1. The molecular weight excluding hydrogens is 148 g/mol. The lowest BCUT2D eigenvalue weighted by Gasteiger charge is -1.97. The first kappa shape index (κ1) is 7.67. The Kier molecular flexibility index (Phi) is 1.86. The topological polar surface area (TPSA) is 23.8 Å². The predicted octanol–water partition coefficient (Wildman–Crippen LogP) is 2.14. The van der Waals surface area contributed by atoms with Gasteiger partial charge in [-0.15, -0.1) is 0 Å². The highest BCUT2D eigenvalue weighted by molar-refractivity contribution is 5.35. The molecule has 0 amide bonds. The van der Waals surface area contributed by atoms with Gasteiger partial charge in [-0.2, -0.15) is 5.26 Å². The molecule has 0 bridgehead atoms. The smallest absolute Gasteiger partial charge is 0.146 e. The van der Waals surface area contributed by atoms with E-state index in [-0.39, 0.29) is 5.56 Å². The minimum atomic E-state index is -0.810. The maximum atomic E-state index is 12.8. The molecule has 0 fully saturated rings. The van der Waals surface area contributed by atoms with Crippen LogP contribution in [0.2, 0.25) is 0 Å². The molecule has 1 aromatic rings. The van der Waals surface area contributed by atoms with Crippen LogP contribution in [0, 0.1) is 29.9 Å². The number of halogens is 2. The van der Waals surface area contributed by atoms with Crippen LogP contribution >= 0.6 is 0 Å². The molecule has 0 heterocycles. The molecule has 0 aromatic heterocycles. The summed E-state index contributed by atoms with van der Waals surface area (Å²) in [7, 11) is 0. The van der Waals surface area contributed by atoms with Gasteiger partial charge in [0, 0.05) is 0 Å². The first-order chi connectivity index (χ1) is 5.16. The summed E-state index contributed by atoms with van der Waals surface area (Å²) in [6.07, 6.45) is 0. The van der Waals surface area contributed by atoms with Gasteiger partial charge in [0.15, 0.2) is 0 Å². The second-order valence-corrected chi connectivity index (χ2v) is 2.17. The van der Waals surface area contributed by atoms with E-state index in [1.165, 1.54) is 19.1 Å². The molecule has 0 aliphatic heterocycles. The molecule has 11 heavy (non-hydrogen) atoms. The molecule has 1 nitrogen and oxygen atoms in total. The Balaban J connectivity index is 3.44. The third-order valence-corrected chi connectivity index (χ3v) is 1.40. The van der Waals surface area contributed by atoms with E-state index in [4.69, 9.17) is 5.26 Å². The van der Waals surface area contributed by atoms with E-state index in [0.29, 0.717) is 0 Å². The Morgan fingerprint density at radius 3 is 2.45 bits per heavy atom. The number of rotatable bonds is 0. The van der Waals surface area contributed by atoms with Gasteiger partial charge >= 0.3 is 0 Å². The van der Waals surface area contributed by atoms with E-state index in [0.717, 1.165) is 6.07 Å². The SMILES string of the molecule is Cc1ccc(F)c(C#N)c1F. The molecule has 0 N–H and O–H groups in total. The average Bonchev–Trinajstić information content (AvgIpc) is 1.99. The molecule has 3 heteroatoms. The summed E-state index contributed by atoms with van der Waals surface area (Å²) in [6, 6.07) is 3.83. The maximum Gasteiger partial charge on any atom is 0.146 e. The van der Waals surface area contributed by atoms with Crippen molar-refractivity contribution in [2.24, 2.45) is 0 Å². The van der Waals surface area contributed by atoms with Crippen LogP contribution in [0.4, 0.5) is 8.78 Å². The highest BCUT2D eigenvalue weighted by Crippen LogP contribution is 2.14. The second kappa shape index (κ2) is 2.67. The van der Waals surface area contributed by atoms with Crippen molar-refractivity contribution in [2.75, 3.05) is 0 Å². The van der Waals surface area contributed by atoms with E-state index >= 15 is 0 Å². The fourth-order valence-corrected chi connectivity index (χ4v) is 0.759. The molecule has 0 radical (unpaired) electrons. The Hall–Kier alpha value is -1.43. The molecule has 1 aromatic carbocycles. The summed E-state index contributed by atoms with van der Waals surface area (Å²) < 4.78 is 25.4. The zero-order valence-corrected chi connectivity index (χ0v) is 5.86. The molecule has 0 saturated carbocycles. The van der Waals surface area contributed by atoms with Crippen LogP contribution in [0.3, 0.4) is 0 Å². The lowest BCUT2D eigenvalue weighted by molar-refractivity contribution is 0.571. The van der Waals surface area contributed by atoms with Gasteiger partial charge < -0.3 is 0 Å². The Morgan fingerprint density at radius 2 is 2.00 bits per heavy atom. The maximum absolute atomic E-state index is 12.8. The van der Waals surface area contributed by atoms with Gasteiger partial charge in [0.1, 0.15) is 23.3 Å². The first-order valence-corrected chi connectivity index (χ1v) is 3.01. The Labute approximate surface area is 62.9 Å². The average molecular weight is 153 g/mol. The fourth-order valence-electron chi connectivity index (χ4n) is 0.759. The van der Waals surface area contributed by atoms with Gasteiger partial charge in [-0.05, 0) is 18.6 Å². The van der Waals surface area contributed by atoms with Gasteiger partial charge in [0.25, 0.3) is 0 Å². The zero-order chi connectivity index (χ0) is 8.43. The molecular formula is C8H5F2N. The standard InChI is InChI=1S/C8H5F2N/c1-5-2-3-7(9)6(4-11)8(5)10/h2-3H,1H3. The van der Waals surface area contributed by atoms with Crippen molar-refractivity contribution in [2.45, 2.75) is 6.92 Å². The van der Waals surface area contributed by atoms with Crippen molar-refractivity contribution in [3.05, 3.63) is 34.9 Å². The minimum absolute atomic E-state index is 0.281. The van der Waals surface area contributed by atoms with Crippen molar-refractivity contribution < 1.29 is 8.78 Å². The lowest BCUT2D eigenvalue weighted by atomic mass is 10.1. The highest BCUT2D eigenvalue weighted by atomic mass is 19.1. The van der Waals surface area contributed by atoms with Crippen molar-refractivity contribution in [1.82, 2.24) is 0 Å². The van der Waals surface area contributed by atoms with Crippen LogP contribution in [0.1, 0.15) is 11.1 Å². The second-order valence-electron chi connectivity index (χ2n) is 2.17. The summed E-state index contributed by atoms with van der Waals surface area (Å²) in [4.78, 5) is 0. The number of hydrogen-bond acceptors (Lipinski definition) is 1. The van der Waals surface area contributed by atoms with Crippen LogP contribution in [0.5, 0.6) is 0 Å². The summed E-state index contributed by atoms with van der Waals surface area (Å²) >= 11 is 0. The fraction of sp³-hybridized carbons (Fsp3) is 0.125. The zero-order valence-electron chi connectivity index (χ0n) is 5.86. The van der Waals surface area contributed by atoms with Crippen LogP contribution < -0.4 is 0 Å². The summed E-state index contributed by atoms with van der Waals surface area (Å²) in [5.41, 5.74) is -0.229. The summed E-state index contributed by atoms with van der Waals surface area (Å²) in [5, 5.41) is 8.29. The monoisotopic (exact) mass is 153 g/mol. The van der Waals surface area contributed by atoms with Crippen LogP contribution in [0.25, 0.3) is 0 Å². The molecule has 0 spiro atoms. The highest BCUT2D eigenvalue weighted by Gasteiger charge is 2.09. The lowest BCUT2D eigenvalue weighted by Crippen LogP contribution is -1.92. The molecule has 0 aliphatic rings. The summed E-state index contributed by atoms with van der Waals surface area (Å²) in [5.74, 6) is -1.58. The van der Waals surface area contributed by atoms with E-state index in [1.807, 2.05) is 0 Å². The van der Waals surface area contributed by atoms with Gasteiger partial charge in [-0.3, -0.25) is 0 Å². The number of hydrogen-bond donors (Lipinski definition) is 0. The van der Waals surface area contributed by atoms with Crippen LogP contribution in [-0.4, -0.2) is 0 Å². The van der Waals surface area contributed by atoms with E-state index in [1.54, 1.807) is 0 Å². The molecule has 0 aliphatic carbocycles. The third kappa shape index (κ3) is 1.20. The van der Waals surface area contributed by atoms with Gasteiger partial charge in [-0.1, -0.05) is 6.07 Å². The largest absolute Gasteiger partial charge is 0.205 e. The van der Waals surface area contributed by atoms with Crippen molar-refractivity contribution in [3.8, 4) is 6.07 Å². The Morgan fingerprint density at radius 1 is 1.36 bits per heavy atom. The van der Waals surface area contributed by atoms with Gasteiger partial charge in [-0.25, -0.2) is 8.78 Å². The first-order valence-electron chi connectivity index (χ1n) is 3.01. The Bertz CT molecular complexity index is 326. The van der Waals surface area contributed by atoms with Crippen molar-refractivity contribution in [3.63, 3.8) is 0 Å². The van der Waals surface area contributed by atoms with E-state index in [9.17, 15) is 8.78 Å². The number of aryl methyl sites for hydroxylation is 1. The molecule has 0 atom stereocenters. The van der Waals surface area contributed by atoms with Crippen LogP contribution in [0.15, 0.2) is 12.1 Å². The molecule has 0 unspecified atom stereocenters. The predicted molar refractivity (Wildman–Crippen MR) is 35.8 cm³/mol. The molecule has 1 rings (SSSR count). The van der Waals surface area contributed by atoms with Crippen molar-refractivity contribution in [1.29, 1.82) is 5.26 Å². The van der Waals surface area contributed by atoms with Gasteiger partial charge in [0.05, 0.1) is 0 Å². The molecule has 56 valence electrons. The van der Waals surface area contributed by atoms with Crippen LogP contribution in [-0.2, 0) is 0 Å². The number of nitriles is 1. The molecule has 0 saturated heterocycles. The normalized spacial score (nSPS) is 9.27. The third-order valence-electron chi connectivity index (χ3n) is 1.40. The summed E-state index contributed by atoms with van der Waals surface area (Å²) in [6.45, 7) is 1.48. The van der Waals surface area contributed by atoms with Crippen molar-refractivity contribution >= 4 is 0 Å².